The number of esters is 2. The molecule has 104 valence electrons. The molecule has 0 fully saturated rings. The molecule has 20 heavy (non-hydrogen) atoms. The lowest BCUT2D eigenvalue weighted by molar-refractivity contribution is -0.142. The molecular weight excluding hydrogens is 258 g/mol. The minimum atomic E-state index is -0.536. The van der Waals surface area contributed by atoms with Gasteiger partial charge in [-0.3, -0.25) is 4.79 Å². The minimum Gasteiger partial charge on any atom is -0.466 e. The van der Waals surface area contributed by atoms with E-state index in [0.29, 0.717) is 12.2 Å². The van der Waals surface area contributed by atoms with Crippen LogP contribution in [0.15, 0.2) is 46.6 Å². The molecule has 0 spiro atoms. The molecule has 0 aliphatic carbocycles. The first-order valence-corrected chi connectivity index (χ1v) is 6.33. The molecule has 1 aromatic rings. The molecular formula is C15H15NO4. The highest BCUT2D eigenvalue weighted by Crippen LogP contribution is 2.21. The number of cyclic esters (lactones) is 1. The highest BCUT2D eigenvalue weighted by Gasteiger charge is 2.26. The molecule has 0 aromatic heterocycles. The van der Waals surface area contributed by atoms with Crippen molar-refractivity contribution in [1.29, 1.82) is 0 Å². The molecule has 1 heterocycles. The van der Waals surface area contributed by atoms with E-state index in [-0.39, 0.29) is 24.0 Å². The highest BCUT2D eigenvalue weighted by molar-refractivity contribution is 6.11. The van der Waals surface area contributed by atoms with Gasteiger partial charge in [-0.2, -0.15) is 0 Å². The number of benzene rings is 1. The molecule has 0 saturated carbocycles. The Morgan fingerprint density at radius 2 is 2.00 bits per heavy atom. The number of aliphatic imine (C=N–C) groups is 1. The maximum absolute atomic E-state index is 11.8. The van der Waals surface area contributed by atoms with Gasteiger partial charge in [0.2, 0.25) is 5.90 Å². The Morgan fingerprint density at radius 3 is 2.65 bits per heavy atom. The molecule has 1 aromatic carbocycles. The standard InChI is InChI=1S/C15H15NO4/c1-3-19-12(17)9-10(2)13-15(18)20-14(16-13)11-7-5-4-6-8-11/h4-8H,3,9H2,1-2H3. The summed E-state index contributed by atoms with van der Waals surface area (Å²) in [6, 6.07) is 9.13. The molecule has 0 bridgehead atoms. The summed E-state index contributed by atoms with van der Waals surface area (Å²) in [6.07, 6.45) is 0.0316. The van der Waals surface area contributed by atoms with Crippen molar-refractivity contribution in [2.24, 2.45) is 4.99 Å². The fourth-order valence-corrected chi connectivity index (χ4v) is 1.79. The van der Waals surface area contributed by atoms with E-state index >= 15 is 0 Å². The molecule has 0 amide bonds. The summed E-state index contributed by atoms with van der Waals surface area (Å²) >= 11 is 0. The van der Waals surface area contributed by atoms with Crippen molar-refractivity contribution in [2.75, 3.05) is 6.61 Å². The summed E-state index contributed by atoms with van der Waals surface area (Å²) in [5, 5.41) is 0. The predicted molar refractivity (Wildman–Crippen MR) is 73.0 cm³/mol. The Balaban J connectivity index is 2.22. The van der Waals surface area contributed by atoms with E-state index in [1.165, 1.54) is 0 Å². The van der Waals surface area contributed by atoms with Crippen LogP contribution in [0.4, 0.5) is 0 Å². The molecule has 5 heteroatoms. The Morgan fingerprint density at radius 1 is 1.30 bits per heavy atom. The van der Waals surface area contributed by atoms with Gasteiger partial charge in [-0.1, -0.05) is 18.2 Å². The first kappa shape index (κ1) is 14.0. The van der Waals surface area contributed by atoms with Gasteiger partial charge in [0.05, 0.1) is 13.0 Å². The van der Waals surface area contributed by atoms with Gasteiger partial charge in [0, 0.05) is 5.56 Å². The van der Waals surface area contributed by atoms with E-state index in [1.807, 2.05) is 18.2 Å². The van der Waals surface area contributed by atoms with Gasteiger partial charge in [0.25, 0.3) is 0 Å². The lowest BCUT2D eigenvalue weighted by Crippen LogP contribution is -2.08. The second-order valence-corrected chi connectivity index (χ2v) is 4.28. The van der Waals surface area contributed by atoms with Crippen LogP contribution >= 0.6 is 0 Å². The van der Waals surface area contributed by atoms with Crippen LogP contribution in [0.5, 0.6) is 0 Å². The first-order valence-electron chi connectivity index (χ1n) is 6.33. The average molecular weight is 273 g/mol. The molecule has 0 saturated heterocycles. The lowest BCUT2D eigenvalue weighted by atomic mass is 10.1. The Hall–Kier alpha value is -2.43. The Labute approximate surface area is 116 Å². The number of carbonyl (C=O) groups is 2. The Kier molecular flexibility index (Phi) is 4.30. The fourth-order valence-electron chi connectivity index (χ4n) is 1.79. The third-order valence-corrected chi connectivity index (χ3v) is 2.74. The summed E-state index contributed by atoms with van der Waals surface area (Å²) in [5.41, 5.74) is 1.44. The van der Waals surface area contributed by atoms with Gasteiger partial charge in [0.15, 0.2) is 5.70 Å². The second-order valence-electron chi connectivity index (χ2n) is 4.28. The van der Waals surface area contributed by atoms with Crippen molar-refractivity contribution in [3.63, 3.8) is 0 Å². The van der Waals surface area contributed by atoms with Crippen molar-refractivity contribution >= 4 is 17.8 Å². The van der Waals surface area contributed by atoms with Crippen LogP contribution < -0.4 is 0 Å². The largest absolute Gasteiger partial charge is 0.466 e. The van der Waals surface area contributed by atoms with Crippen LogP contribution in [-0.4, -0.2) is 24.4 Å². The van der Waals surface area contributed by atoms with Crippen molar-refractivity contribution in [2.45, 2.75) is 20.3 Å². The van der Waals surface area contributed by atoms with Crippen molar-refractivity contribution in [3.05, 3.63) is 47.2 Å². The maximum Gasteiger partial charge on any atom is 0.363 e. The highest BCUT2D eigenvalue weighted by atomic mass is 16.6. The predicted octanol–water partition coefficient (Wildman–Crippen LogP) is 2.22. The third kappa shape index (κ3) is 3.12. The van der Waals surface area contributed by atoms with E-state index < -0.39 is 5.97 Å². The number of rotatable bonds is 4. The van der Waals surface area contributed by atoms with E-state index in [4.69, 9.17) is 9.47 Å². The zero-order valence-corrected chi connectivity index (χ0v) is 11.4. The normalized spacial score (nSPS) is 16.5. The van der Waals surface area contributed by atoms with Gasteiger partial charge < -0.3 is 9.47 Å². The van der Waals surface area contributed by atoms with Crippen molar-refractivity contribution < 1.29 is 19.1 Å². The van der Waals surface area contributed by atoms with Crippen LogP contribution in [0, 0.1) is 0 Å². The van der Waals surface area contributed by atoms with Gasteiger partial charge in [-0.15, -0.1) is 0 Å². The monoisotopic (exact) mass is 273 g/mol. The molecule has 5 nitrogen and oxygen atoms in total. The summed E-state index contributed by atoms with van der Waals surface area (Å²) in [5.74, 6) is -0.659. The summed E-state index contributed by atoms with van der Waals surface area (Å²) in [6.45, 7) is 3.71. The minimum absolute atomic E-state index is 0.0316. The zero-order chi connectivity index (χ0) is 14.5. The topological polar surface area (TPSA) is 65.0 Å². The van der Waals surface area contributed by atoms with Crippen molar-refractivity contribution in [1.82, 2.24) is 0 Å². The van der Waals surface area contributed by atoms with Gasteiger partial charge >= 0.3 is 11.9 Å². The maximum atomic E-state index is 11.8. The number of carbonyl (C=O) groups excluding carboxylic acids is 2. The first-order chi connectivity index (χ1) is 9.61. The average Bonchev–Trinajstić information content (AvgIpc) is 2.82. The van der Waals surface area contributed by atoms with E-state index in [1.54, 1.807) is 26.0 Å². The van der Waals surface area contributed by atoms with Crippen LogP contribution in [0.2, 0.25) is 0 Å². The van der Waals surface area contributed by atoms with Gasteiger partial charge in [-0.05, 0) is 31.6 Å². The van der Waals surface area contributed by atoms with Crippen molar-refractivity contribution in [3.8, 4) is 0 Å². The van der Waals surface area contributed by atoms with Crippen LogP contribution in [0.25, 0.3) is 0 Å². The number of nitrogens with zero attached hydrogens (tertiary/aromatic N) is 1. The van der Waals surface area contributed by atoms with E-state index in [0.717, 1.165) is 5.56 Å². The number of hydrogen-bond acceptors (Lipinski definition) is 5. The zero-order valence-electron chi connectivity index (χ0n) is 11.4. The molecule has 2 rings (SSSR count). The van der Waals surface area contributed by atoms with E-state index in [2.05, 4.69) is 4.99 Å². The van der Waals surface area contributed by atoms with Crippen LogP contribution in [0.3, 0.4) is 0 Å². The molecule has 0 atom stereocenters. The van der Waals surface area contributed by atoms with E-state index in [9.17, 15) is 9.59 Å². The fraction of sp³-hybridized carbons (Fsp3) is 0.267. The molecule has 1 aliphatic heterocycles. The second kappa shape index (κ2) is 6.14. The molecule has 0 N–H and O–H groups in total. The SMILES string of the molecule is CCOC(=O)CC(C)=C1N=C(c2ccccc2)OC1=O. The molecule has 0 radical (unpaired) electrons. The lowest BCUT2D eigenvalue weighted by Gasteiger charge is -2.02. The van der Waals surface area contributed by atoms with Gasteiger partial charge in [-0.25, -0.2) is 9.79 Å². The number of hydrogen-bond donors (Lipinski definition) is 0. The number of ether oxygens (including phenoxy) is 2. The molecule has 0 unspecified atom stereocenters. The quantitative estimate of drug-likeness (QED) is 0.623. The summed E-state index contributed by atoms with van der Waals surface area (Å²) in [7, 11) is 0. The summed E-state index contributed by atoms with van der Waals surface area (Å²) in [4.78, 5) is 27.4. The summed E-state index contributed by atoms with van der Waals surface area (Å²) < 4.78 is 9.97. The molecule has 1 aliphatic rings. The van der Waals surface area contributed by atoms with Crippen LogP contribution in [0.1, 0.15) is 25.8 Å². The Bertz CT molecular complexity index is 587. The smallest absolute Gasteiger partial charge is 0.363 e. The van der Waals surface area contributed by atoms with Gasteiger partial charge in [0.1, 0.15) is 0 Å². The van der Waals surface area contributed by atoms with Crippen LogP contribution in [-0.2, 0) is 19.1 Å². The third-order valence-electron chi connectivity index (χ3n) is 2.74.